The van der Waals surface area contributed by atoms with Gasteiger partial charge in [-0.25, -0.2) is 0 Å². The summed E-state index contributed by atoms with van der Waals surface area (Å²) in [6.07, 6.45) is 2.31. The SMILES string of the molecule is COc1ccc([C@@H](CC(=O)N2CCC(C)CC2)N2Cc3ccccc3C2=O)cc1OC. The normalized spacial score (nSPS) is 17.5. The minimum atomic E-state index is -0.369. The second-order valence-corrected chi connectivity index (χ2v) is 8.49. The van der Waals surface area contributed by atoms with E-state index in [2.05, 4.69) is 6.92 Å². The molecule has 1 fully saturated rings. The van der Waals surface area contributed by atoms with Crippen LogP contribution >= 0.6 is 0 Å². The fourth-order valence-corrected chi connectivity index (χ4v) is 4.55. The molecule has 1 saturated heterocycles. The fraction of sp³-hybridized carbons (Fsp3) is 0.440. The second-order valence-electron chi connectivity index (χ2n) is 8.49. The first-order chi connectivity index (χ1) is 15.0. The van der Waals surface area contributed by atoms with Crippen molar-refractivity contribution in [3.63, 3.8) is 0 Å². The summed E-state index contributed by atoms with van der Waals surface area (Å²) >= 11 is 0. The first kappa shape index (κ1) is 21.2. The minimum Gasteiger partial charge on any atom is -0.493 e. The van der Waals surface area contributed by atoms with Gasteiger partial charge in [-0.05, 0) is 48.1 Å². The van der Waals surface area contributed by atoms with E-state index in [0.717, 1.165) is 37.1 Å². The topological polar surface area (TPSA) is 59.1 Å². The fourth-order valence-electron chi connectivity index (χ4n) is 4.55. The molecule has 2 aliphatic heterocycles. The Morgan fingerprint density at radius 1 is 1.06 bits per heavy atom. The van der Waals surface area contributed by atoms with Gasteiger partial charge < -0.3 is 19.3 Å². The smallest absolute Gasteiger partial charge is 0.255 e. The summed E-state index contributed by atoms with van der Waals surface area (Å²) in [5.74, 6) is 1.93. The van der Waals surface area contributed by atoms with Gasteiger partial charge in [0.1, 0.15) is 0 Å². The number of carbonyl (C=O) groups excluding carboxylic acids is 2. The quantitative estimate of drug-likeness (QED) is 0.705. The summed E-state index contributed by atoms with van der Waals surface area (Å²) in [7, 11) is 3.18. The van der Waals surface area contributed by atoms with Gasteiger partial charge in [-0.2, -0.15) is 0 Å². The van der Waals surface area contributed by atoms with Gasteiger partial charge in [-0.3, -0.25) is 9.59 Å². The molecule has 6 heteroatoms. The number of benzene rings is 2. The predicted octanol–water partition coefficient (Wildman–Crippen LogP) is 4.05. The number of piperidine rings is 1. The first-order valence-electron chi connectivity index (χ1n) is 10.9. The number of likely N-dealkylation sites (tertiary alicyclic amines) is 1. The highest BCUT2D eigenvalue weighted by Crippen LogP contribution is 2.37. The molecule has 0 saturated carbocycles. The molecule has 2 heterocycles. The van der Waals surface area contributed by atoms with Crippen LogP contribution in [0.15, 0.2) is 42.5 Å². The van der Waals surface area contributed by atoms with Crippen molar-refractivity contribution in [3.8, 4) is 11.5 Å². The molecule has 0 bridgehead atoms. The maximum absolute atomic E-state index is 13.2. The van der Waals surface area contributed by atoms with E-state index in [1.165, 1.54) is 0 Å². The monoisotopic (exact) mass is 422 g/mol. The molecular weight excluding hydrogens is 392 g/mol. The molecule has 31 heavy (non-hydrogen) atoms. The third-order valence-electron chi connectivity index (χ3n) is 6.52. The average molecular weight is 423 g/mol. The first-order valence-corrected chi connectivity index (χ1v) is 10.9. The van der Waals surface area contributed by atoms with Crippen molar-refractivity contribution >= 4 is 11.8 Å². The number of fused-ring (bicyclic) bond motifs is 1. The van der Waals surface area contributed by atoms with E-state index in [9.17, 15) is 9.59 Å². The molecule has 0 unspecified atom stereocenters. The number of hydrogen-bond acceptors (Lipinski definition) is 4. The molecule has 2 aromatic carbocycles. The summed E-state index contributed by atoms with van der Waals surface area (Å²) in [6, 6.07) is 12.9. The van der Waals surface area contributed by atoms with Crippen molar-refractivity contribution in [1.82, 2.24) is 9.80 Å². The van der Waals surface area contributed by atoms with Crippen LogP contribution < -0.4 is 9.47 Å². The Morgan fingerprint density at radius 3 is 2.45 bits per heavy atom. The largest absolute Gasteiger partial charge is 0.493 e. The van der Waals surface area contributed by atoms with Crippen molar-refractivity contribution < 1.29 is 19.1 Å². The molecule has 1 atom stereocenters. The Kier molecular flexibility index (Phi) is 6.16. The van der Waals surface area contributed by atoms with E-state index in [-0.39, 0.29) is 24.3 Å². The van der Waals surface area contributed by atoms with Crippen LogP contribution in [-0.2, 0) is 11.3 Å². The molecule has 164 valence electrons. The predicted molar refractivity (Wildman–Crippen MR) is 118 cm³/mol. The summed E-state index contributed by atoms with van der Waals surface area (Å²) < 4.78 is 10.9. The number of methoxy groups -OCH3 is 2. The van der Waals surface area contributed by atoms with Gasteiger partial charge >= 0.3 is 0 Å². The van der Waals surface area contributed by atoms with Crippen LogP contribution in [0.4, 0.5) is 0 Å². The molecule has 0 spiro atoms. The third kappa shape index (κ3) is 4.24. The standard InChI is InChI=1S/C25H30N2O4/c1-17-10-12-26(13-11-17)24(28)15-21(18-8-9-22(30-2)23(14-18)31-3)27-16-19-6-4-5-7-20(19)25(27)29/h4-9,14,17,21H,10-13,15-16H2,1-3H3/t21-/m1/s1. The summed E-state index contributed by atoms with van der Waals surface area (Å²) in [6.45, 7) is 4.30. The van der Waals surface area contributed by atoms with Crippen LogP contribution in [0.5, 0.6) is 11.5 Å². The number of carbonyl (C=O) groups is 2. The van der Waals surface area contributed by atoms with Gasteiger partial charge in [0.25, 0.3) is 5.91 Å². The lowest BCUT2D eigenvalue weighted by molar-refractivity contribution is -0.133. The molecule has 0 N–H and O–H groups in total. The lowest BCUT2D eigenvalue weighted by Crippen LogP contribution is -2.40. The summed E-state index contributed by atoms with van der Waals surface area (Å²) in [5, 5.41) is 0. The van der Waals surface area contributed by atoms with Gasteiger partial charge in [0.15, 0.2) is 11.5 Å². The van der Waals surface area contributed by atoms with Gasteiger partial charge in [0.2, 0.25) is 5.91 Å². The molecule has 2 aromatic rings. The van der Waals surface area contributed by atoms with Crippen LogP contribution in [0.1, 0.15) is 53.7 Å². The van der Waals surface area contributed by atoms with Crippen molar-refractivity contribution in [2.45, 2.75) is 38.8 Å². The zero-order valence-corrected chi connectivity index (χ0v) is 18.5. The van der Waals surface area contributed by atoms with Gasteiger partial charge in [0, 0.05) is 25.2 Å². The van der Waals surface area contributed by atoms with E-state index < -0.39 is 0 Å². The third-order valence-corrected chi connectivity index (χ3v) is 6.52. The Labute approximate surface area is 183 Å². The van der Waals surface area contributed by atoms with Crippen LogP contribution in [0.2, 0.25) is 0 Å². The molecule has 6 nitrogen and oxygen atoms in total. The van der Waals surface area contributed by atoms with Crippen LogP contribution in [0, 0.1) is 5.92 Å². The highest BCUT2D eigenvalue weighted by atomic mass is 16.5. The molecule has 4 rings (SSSR count). The van der Waals surface area contributed by atoms with E-state index in [1.807, 2.05) is 52.3 Å². The number of amides is 2. The van der Waals surface area contributed by atoms with Gasteiger partial charge in [-0.15, -0.1) is 0 Å². The zero-order chi connectivity index (χ0) is 22.0. The Morgan fingerprint density at radius 2 is 1.77 bits per heavy atom. The van der Waals surface area contributed by atoms with E-state index in [1.54, 1.807) is 14.2 Å². The highest BCUT2D eigenvalue weighted by molar-refractivity contribution is 5.98. The van der Waals surface area contributed by atoms with Gasteiger partial charge in [0.05, 0.1) is 26.7 Å². The van der Waals surface area contributed by atoms with Crippen LogP contribution in [0.25, 0.3) is 0 Å². The van der Waals surface area contributed by atoms with Crippen LogP contribution in [-0.4, -0.2) is 48.9 Å². The molecule has 2 aliphatic rings. The Bertz CT molecular complexity index is 966. The van der Waals surface area contributed by atoms with Crippen molar-refractivity contribution in [3.05, 3.63) is 59.2 Å². The lowest BCUT2D eigenvalue weighted by Gasteiger charge is -2.34. The van der Waals surface area contributed by atoms with E-state index in [0.29, 0.717) is 29.5 Å². The van der Waals surface area contributed by atoms with E-state index >= 15 is 0 Å². The zero-order valence-electron chi connectivity index (χ0n) is 18.5. The molecule has 0 radical (unpaired) electrons. The van der Waals surface area contributed by atoms with Crippen molar-refractivity contribution in [1.29, 1.82) is 0 Å². The number of rotatable bonds is 6. The lowest BCUT2D eigenvalue weighted by atomic mass is 9.97. The minimum absolute atomic E-state index is 0.0320. The molecule has 2 amide bonds. The Hall–Kier alpha value is -3.02. The number of nitrogens with zero attached hydrogens (tertiary/aromatic N) is 2. The van der Waals surface area contributed by atoms with E-state index in [4.69, 9.17) is 9.47 Å². The molecule has 0 aromatic heterocycles. The summed E-state index contributed by atoms with van der Waals surface area (Å²) in [4.78, 5) is 30.2. The maximum Gasteiger partial charge on any atom is 0.255 e. The highest BCUT2D eigenvalue weighted by Gasteiger charge is 2.36. The molecular formula is C25H30N2O4. The average Bonchev–Trinajstić information content (AvgIpc) is 3.13. The number of ether oxygens (including phenoxy) is 2. The van der Waals surface area contributed by atoms with Crippen LogP contribution in [0.3, 0.4) is 0 Å². The van der Waals surface area contributed by atoms with Crippen molar-refractivity contribution in [2.24, 2.45) is 5.92 Å². The summed E-state index contributed by atoms with van der Waals surface area (Å²) in [5.41, 5.74) is 2.59. The second kappa shape index (κ2) is 9.00. The Balaban J connectivity index is 1.65. The maximum atomic E-state index is 13.2. The van der Waals surface area contributed by atoms with Crippen molar-refractivity contribution in [2.75, 3.05) is 27.3 Å². The molecule has 0 aliphatic carbocycles. The van der Waals surface area contributed by atoms with Gasteiger partial charge in [-0.1, -0.05) is 31.2 Å². The number of hydrogen-bond donors (Lipinski definition) is 0.